The fourth-order valence-corrected chi connectivity index (χ4v) is 1.50. The van der Waals surface area contributed by atoms with Gasteiger partial charge in [-0.1, -0.05) is 6.07 Å². The van der Waals surface area contributed by atoms with Gasteiger partial charge in [-0.05, 0) is 39.7 Å². The predicted molar refractivity (Wildman–Crippen MR) is 57.3 cm³/mol. The highest BCUT2D eigenvalue weighted by Crippen LogP contribution is 2.21. The summed E-state index contributed by atoms with van der Waals surface area (Å²) in [5.74, 6) is -1.18. The second kappa shape index (κ2) is 4.06. The lowest BCUT2D eigenvalue weighted by molar-refractivity contribution is 0.584. The minimum absolute atomic E-state index is 0.479. The summed E-state index contributed by atoms with van der Waals surface area (Å²) in [6.45, 7) is 0. The molecule has 2 aromatic rings. The first-order valence-corrected chi connectivity index (χ1v) is 5.02. The molecule has 0 amide bonds. The molecule has 15 heavy (non-hydrogen) atoms. The average Bonchev–Trinajstić information content (AvgIpc) is 2.17. The molecule has 1 aromatic carbocycles. The molecule has 2 rings (SSSR count). The minimum Gasteiger partial charge on any atom is -0.249 e. The van der Waals surface area contributed by atoms with Crippen molar-refractivity contribution in [1.82, 2.24) is 4.98 Å². The number of pyridine rings is 1. The van der Waals surface area contributed by atoms with Gasteiger partial charge in [-0.3, -0.25) is 0 Å². The summed E-state index contributed by atoms with van der Waals surface area (Å²) in [4.78, 5) is 3.99. The number of rotatable bonds is 1. The molecule has 0 spiro atoms. The monoisotopic (exact) mass is 269 g/mol. The molecule has 0 aliphatic heterocycles. The van der Waals surface area contributed by atoms with E-state index >= 15 is 0 Å². The summed E-state index contributed by atoms with van der Waals surface area (Å²) in [5, 5.41) is 0. The van der Waals surface area contributed by atoms with E-state index in [0.717, 1.165) is 6.07 Å². The van der Waals surface area contributed by atoms with E-state index in [2.05, 4.69) is 20.9 Å². The Hall–Kier alpha value is -1.29. The van der Waals surface area contributed by atoms with E-state index in [1.165, 1.54) is 12.1 Å². The van der Waals surface area contributed by atoms with Crippen LogP contribution in [0.4, 0.5) is 8.78 Å². The summed E-state index contributed by atoms with van der Waals surface area (Å²) in [6.07, 6.45) is 1.55. The normalized spacial score (nSPS) is 10.3. The van der Waals surface area contributed by atoms with E-state index in [9.17, 15) is 8.78 Å². The molecule has 0 bridgehead atoms. The van der Waals surface area contributed by atoms with Crippen molar-refractivity contribution in [3.05, 3.63) is 52.8 Å². The predicted octanol–water partition coefficient (Wildman–Crippen LogP) is 3.79. The van der Waals surface area contributed by atoms with Gasteiger partial charge in [0, 0.05) is 17.8 Å². The van der Waals surface area contributed by atoms with E-state index in [-0.39, 0.29) is 0 Å². The van der Waals surface area contributed by atoms with E-state index in [4.69, 9.17) is 0 Å². The van der Waals surface area contributed by atoms with Gasteiger partial charge in [0.2, 0.25) is 0 Å². The van der Waals surface area contributed by atoms with E-state index in [1.807, 2.05) is 0 Å². The fourth-order valence-electron chi connectivity index (χ4n) is 1.27. The number of benzene rings is 1. The zero-order valence-corrected chi connectivity index (χ0v) is 9.13. The molecule has 1 heterocycles. The lowest BCUT2D eigenvalue weighted by atomic mass is 10.1. The van der Waals surface area contributed by atoms with Gasteiger partial charge in [-0.2, -0.15) is 0 Å². The third kappa shape index (κ3) is 2.39. The molecule has 0 saturated heterocycles. The smallest absolute Gasteiger partial charge is 0.126 e. The van der Waals surface area contributed by atoms with E-state index in [0.29, 0.717) is 15.7 Å². The summed E-state index contributed by atoms with van der Waals surface area (Å²) in [5.41, 5.74) is 1.16. The van der Waals surface area contributed by atoms with Gasteiger partial charge in [0.05, 0.1) is 0 Å². The highest BCUT2D eigenvalue weighted by Gasteiger charge is 2.03. The van der Waals surface area contributed by atoms with E-state index in [1.54, 1.807) is 18.3 Å². The molecule has 0 aliphatic carbocycles. The quantitative estimate of drug-likeness (QED) is 0.718. The van der Waals surface area contributed by atoms with Crippen LogP contribution >= 0.6 is 15.9 Å². The fraction of sp³-hybridized carbons (Fsp3) is 0. The van der Waals surface area contributed by atoms with Gasteiger partial charge in [-0.15, -0.1) is 0 Å². The Labute approximate surface area is 93.9 Å². The number of halogens is 3. The largest absolute Gasteiger partial charge is 0.249 e. The summed E-state index contributed by atoms with van der Waals surface area (Å²) >= 11 is 3.19. The number of aromatic nitrogens is 1. The SMILES string of the molecule is Fc1cc(F)cc(-c2ccc(Br)nc2)c1. The van der Waals surface area contributed by atoms with Crippen molar-refractivity contribution >= 4 is 15.9 Å². The third-order valence-corrected chi connectivity index (χ3v) is 2.39. The third-order valence-electron chi connectivity index (χ3n) is 1.92. The first-order valence-electron chi connectivity index (χ1n) is 4.23. The van der Waals surface area contributed by atoms with Gasteiger partial charge in [0.25, 0.3) is 0 Å². The molecule has 0 radical (unpaired) electrons. The van der Waals surface area contributed by atoms with Crippen molar-refractivity contribution in [1.29, 1.82) is 0 Å². The van der Waals surface area contributed by atoms with Crippen molar-refractivity contribution in [3.63, 3.8) is 0 Å². The minimum atomic E-state index is -0.590. The number of hydrogen-bond donors (Lipinski definition) is 0. The number of nitrogens with zero attached hydrogens (tertiary/aromatic N) is 1. The van der Waals surface area contributed by atoms with Crippen LogP contribution in [0.3, 0.4) is 0 Å². The maximum absolute atomic E-state index is 12.9. The summed E-state index contributed by atoms with van der Waals surface area (Å²) in [7, 11) is 0. The molecule has 0 N–H and O–H groups in total. The molecule has 0 saturated carbocycles. The topological polar surface area (TPSA) is 12.9 Å². The summed E-state index contributed by atoms with van der Waals surface area (Å²) < 4.78 is 26.5. The van der Waals surface area contributed by atoms with Crippen LogP contribution in [0.15, 0.2) is 41.1 Å². The van der Waals surface area contributed by atoms with Crippen molar-refractivity contribution in [2.24, 2.45) is 0 Å². The second-order valence-corrected chi connectivity index (χ2v) is 3.84. The lowest BCUT2D eigenvalue weighted by Gasteiger charge is -2.01. The van der Waals surface area contributed by atoms with E-state index < -0.39 is 11.6 Å². The van der Waals surface area contributed by atoms with Gasteiger partial charge < -0.3 is 0 Å². The molecule has 76 valence electrons. The summed E-state index contributed by atoms with van der Waals surface area (Å²) in [6, 6.07) is 6.85. The Bertz CT molecular complexity index is 462. The molecule has 0 aliphatic rings. The maximum atomic E-state index is 12.9. The molecular formula is C11H6BrF2N. The molecule has 0 fully saturated rings. The Morgan fingerprint density at radius 1 is 0.933 bits per heavy atom. The van der Waals surface area contributed by atoms with Gasteiger partial charge >= 0.3 is 0 Å². The van der Waals surface area contributed by atoms with Crippen LogP contribution in [-0.2, 0) is 0 Å². The van der Waals surface area contributed by atoms with Crippen LogP contribution in [0.25, 0.3) is 11.1 Å². The van der Waals surface area contributed by atoms with Gasteiger partial charge in [-0.25, -0.2) is 13.8 Å². The van der Waals surface area contributed by atoms with Crippen LogP contribution in [0.2, 0.25) is 0 Å². The lowest BCUT2D eigenvalue weighted by Crippen LogP contribution is -1.85. The van der Waals surface area contributed by atoms with Crippen LogP contribution in [0.1, 0.15) is 0 Å². The molecular weight excluding hydrogens is 264 g/mol. The Kier molecular flexibility index (Phi) is 2.77. The highest BCUT2D eigenvalue weighted by atomic mass is 79.9. The van der Waals surface area contributed by atoms with Crippen molar-refractivity contribution in [3.8, 4) is 11.1 Å². The standard InChI is InChI=1S/C11H6BrF2N/c12-11-2-1-7(6-15-11)8-3-9(13)5-10(14)4-8/h1-6H. The molecule has 1 nitrogen and oxygen atoms in total. The van der Waals surface area contributed by atoms with Crippen LogP contribution in [-0.4, -0.2) is 4.98 Å². The van der Waals surface area contributed by atoms with Crippen LogP contribution < -0.4 is 0 Å². The molecule has 4 heteroatoms. The highest BCUT2D eigenvalue weighted by molar-refractivity contribution is 9.10. The molecule has 0 atom stereocenters. The first kappa shape index (κ1) is 10.2. The van der Waals surface area contributed by atoms with Crippen molar-refractivity contribution in [2.45, 2.75) is 0 Å². The Morgan fingerprint density at radius 3 is 2.13 bits per heavy atom. The maximum Gasteiger partial charge on any atom is 0.126 e. The first-order chi connectivity index (χ1) is 7.15. The average molecular weight is 270 g/mol. The Morgan fingerprint density at radius 2 is 1.60 bits per heavy atom. The Balaban J connectivity index is 2.49. The van der Waals surface area contributed by atoms with Gasteiger partial charge in [0.15, 0.2) is 0 Å². The zero-order chi connectivity index (χ0) is 10.8. The molecule has 0 unspecified atom stereocenters. The zero-order valence-electron chi connectivity index (χ0n) is 7.55. The van der Waals surface area contributed by atoms with Gasteiger partial charge in [0.1, 0.15) is 16.2 Å². The van der Waals surface area contributed by atoms with Crippen molar-refractivity contribution in [2.75, 3.05) is 0 Å². The van der Waals surface area contributed by atoms with Crippen LogP contribution in [0.5, 0.6) is 0 Å². The van der Waals surface area contributed by atoms with Crippen molar-refractivity contribution < 1.29 is 8.78 Å². The second-order valence-electron chi connectivity index (χ2n) is 3.03. The molecule has 1 aromatic heterocycles. The van der Waals surface area contributed by atoms with Crippen LogP contribution in [0, 0.1) is 11.6 Å². The number of hydrogen-bond acceptors (Lipinski definition) is 1.